The molecule has 0 aliphatic carbocycles. The third-order valence-electron chi connectivity index (χ3n) is 3.94. The molecule has 2 unspecified atom stereocenters. The zero-order valence-electron chi connectivity index (χ0n) is 13.4. The quantitative estimate of drug-likeness (QED) is 0.681. The minimum atomic E-state index is -0.476. The maximum absolute atomic E-state index is 13.2. The van der Waals surface area contributed by atoms with Crippen LogP contribution in [0.2, 0.25) is 0 Å². The maximum atomic E-state index is 13.2. The molecule has 2 amide bonds. The average Bonchev–Trinajstić information content (AvgIpc) is 2.52. The molecule has 1 saturated heterocycles. The molecule has 1 aromatic rings. The van der Waals surface area contributed by atoms with Gasteiger partial charge in [-0.2, -0.15) is 0 Å². The van der Waals surface area contributed by atoms with Gasteiger partial charge in [-0.25, -0.2) is 4.39 Å². The Kier molecular flexibility index (Phi) is 8.66. The molecule has 0 saturated carbocycles. The van der Waals surface area contributed by atoms with Crippen LogP contribution in [-0.2, 0) is 4.79 Å². The number of halogens is 3. The van der Waals surface area contributed by atoms with Gasteiger partial charge < -0.3 is 16.0 Å². The molecular formula is C16H22BrClFN3O2. The highest BCUT2D eigenvalue weighted by molar-refractivity contribution is 9.10. The minimum Gasteiger partial charge on any atom is -0.353 e. The first-order valence-electron chi connectivity index (χ1n) is 7.70. The van der Waals surface area contributed by atoms with Crippen molar-refractivity contribution in [3.8, 4) is 0 Å². The molecule has 0 aromatic heterocycles. The van der Waals surface area contributed by atoms with Gasteiger partial charge in [0.05, 0.1) is 5.56 Å². The number of carbonyl (C=O) groups is 2. The first kappa shape index (κ1) is 20.9. The van der Waals surface area contributed by atoms with Gasteiger partial charge in [0, 0.05) is 23.5 Å². The smallest absolute Gasteiger partial charge is 0.252 e. The van der Waals surface area contributed by atoms with Crippen molar-refractivity contribution in [3.05, 3.63) is 34.1 Å². The van der Waals surface area contributed by atoms with E-state index in [4.69, 9.17) is 0 Å². The highest BCUT2D eigenvalue weighted by Gasteiger charge is 2.22. The van der Waals surface area contributed by atoms with Crippen molar-refractivity contribution in [2.45, 2.75) is 25.8 Å². The predicted octanol–water partition coefficient (Wildman–Crippen LogP) is 2.24. The highest BCUT2D eigenvalue weighted by atomic mass is 79.9. The average molecular weight is 423 g/mol. The summed E-state index contributed by atoms with van der Waals surface area (Å²) in [6.07, 6.45) is 1.12. The Morgan fingerprint density at radius 2 is 2.17 bits per heavy atom. The van der Waals surface area contributed by atoms with E-state index in [9.17, 15) is 14.0 Å². The fraction of sp³-hybridized carbons (Fsp3) is 0.500. The van der Waals surface area contributed by atoms with Gasteiger partial charge in [0.2, 0.25) is 5.91 Å². The maximum Gasteiger partial charge on any atom is 0.252 e. The largest absolute Gasteiger partial charge is 0.353 e. The normalized spacial score (nSPS) is 20.0. The van der Waals surface area contributed by atoms with Gasteiger partial charge in [-0.05, 0) is 59.6 Å². The Bertz CT molecular complexity index is 588. The van der Waals surface area contributed by atoms with Crippen molar-refractivity contribution < 1.29 is 14.0 Å². The van der Waals surface area contributed by atoms with Crippen LogP contribution in [0, 0.1) is 11.7 Å². The van der Waals surface area contributed by atoms with E-state index in [0.717, 1.165) is 25.6 Å². The first-order valence-corrected chi connectivity index (χ1v) is 8.50. The summed E-state index contributed by atoms with van der Waals surface area (Å²) in [5.41, 5.74) is 0.220. The van der Waals surface area contributed by atoms with Crippen LogP contribution < -0.4 is 16.0 Å². The number of hydrogen-bond acceptors (Lipinski definition) is 3. The summed E-state index contributed by atoms with van der Waals surface area (Å²) in [6.45, 7) is 4.11. The summed E-state index contributed by atoms with van der Waals surface area (Å²) in [5.74, 6) is -0.566. The molecule has 134 valence electrons. The predicted molar refractivity (Wildman–Crippen MR) is 96.9 cm³/mol. The van der Waals surface area contributed by atoms with Crippen molar-refractivity contribution in [2.75, 3.05) is 19.6 Å². The Balaban J connectivity index is 0.00000288. The Morgan fingerprint density at radius 1 is 1.42 bits per heavy atom. The van der Waals surface area contributed by atoms with Crippen LogP contribution in [0.5, 0.6) is 0 Å². The second-order valence-corrected chi connectivity index (χ2v) is 6.63. The topological polar surface area (TPSA) is 70.2 Å². The summed E-state index contributed by atoms with van der Waals surface area (Å²) in [5, 5.41) is 8.92. The molecule has 1 fully saturated rings. The number of piperidine rings is 1. The molecule has 1 aromatic carbocycles. The third-order valence-corrected chi connectivity index (χ3v) is 4.63. The lowest BCUT2D eigenvalue weighted by molar-refractivity contribution is -0.122. The molecule has 3 N–H and O–H groups in total. The van der Waals surface area contributed by atoms with Gasteiger partial charge in [0.25, 0.3) is 5.91 Å². The molecule has 0 bridgehead atoms. The van der Waals surface area contributed by atoms with Crippen molar-refractivity contribution in [1.82, 2.24) is 16.0 Å². The van der Waals surface area contributed by atoms with Crippen molar-refractivity contribution in [3.63, 3.8) is 0 Å². The molecule has 2 atom stereocenters. The molecule has 24 heavy (non-hydrogen) atoms. The van der Waals surface area contributed by atoms with E-state index >= 15 is 0 Å². The second kappa shape index (κ2) is 9.96. The van der Waals surface area contributed by atoms with E-state index in [1.807, 2.05) is 0 Å². The van der Waals surface area contributed by atoms with Gasteiger partial charge in [-0.3, -0.25) is 9.59 Å². The van der Waals surface area contributed by atoms with Crippen LogP contribution in [0.25, 0.3) is 0 Å². The summed E-state index contributed by atoms with van der Waals surface area (Å²) < 4.78 is 13.7. The molecule has 8 heteroatoms. The number of rotatable bonds is 5. The second-order valence-electron chi connectivity index (χ2n) is 5.77. The summed E-state index contributed by atoms with van der Waals surface area (Å²) in [7, 11) is 0. The van der Waals surface area contributed by atoms with E-state index in [1.165, 1.54) is 12.1 Å². The van der Waals surface area contributed by atoms with Crippen molar-refractivity contribution in [2.24, 2.45) is 5.92 Å². The van der Waals surface area contributed by atoms with Crippen LogP contribution in [0.15, 0.2) is 22.7 Å². The number of amides is 2. The first-order chi connectivity index (χ1) is 11.0. The molecule has 1 heterocycles. The van der Waals surface area contributed by atoms with Crippen LogP contribution in [0.1, 0.15) is 30.1 Å². The number of nitrogens with one attached hydrogen (secondary N) is 3. The van der Waals surface area contributed by atoms with Crippen LogP contribution in [0.4, 0.5) is 4.39 Å². The summed E-state index contributed by atoms with van der Waals surface area (Å²) in [6, 6.07) is 4.09. The Labute approximate surface area is 155 Å². The SMILES string of the molecule is CC1CNCCC1NC(=O)CCNC(=O)c1cc(F)ccc1Br.Cl. The zero-order chi connectivity index (χ0) is 16.8. The van der Waals surface area contributed by atoms with Gasteiger partial charge in [0.15, 0.2) is 0 Å². The molecule has 5 nitrogen and oxygen atoms in total. The van der Waals surface area contributed by atoms with Crippen LogP contribution in [-0.4, -0.2) is 37.5 Å². The molecule has 0 radical (unpaired) electrons. The van der Waals surface area contributed by atoms with E-state index in [1.54, 1.807) is 0 Å². The standard InChI is InChI=1S/C16H21BrFN3O2.ClH/c1-10-9-19-6-4-14(10)21-15(22)5-7-20-16(23)12-8-11(18)2-3-13(12)17;/h2-3,8,10,14,19H,4-7,9H2,1H3,(H,20,23)(H,21,22);1H. The molecular weight excluding hydrogens is 401 g/mol. The minimum absolute atomic E-state index is 0. The van der Waals surface area contributed by atoms with E-state index in [0.29, 0.717) is 10.4 Å². The van der Waals surface area contributed by atoms with E-state index in [-0.39, 0.29) is 42.9 Å². The monoisotopic (exact) mass is 421 g/mol. The van der Waals surface area contributed by atoms with Gasteiger partial charge in [-0.15, -0.1) is 12.4 Å². The van der Waals surface area contributed by atoms with Gasteiger partial charge in [0.1, 0.15) is 5.82 Å². The lowest BCUT2D eigenvalue weighted by atomic mass is 9.95. The van der Waals surface area contributed by atoms with Crippen molar-refractivity contribution >= 4 is 40.2 Å². The third kappa shape index (κ3) is 6.03. The lowest BCUT2D eigenvalue weighted by Crippen LogP contribution is -2.48. The number of hydrogen-bond donors (Lipinski definition) is 3. The molecule has 2 rings (SSSR count). The fourth-order valence-electron chi connectivity index (χ4n) is 2.56. The Hall–Kier alpha value is -1.18. The van der Waals surface area contributed by atoms with Crippen LogP contribution >= 0.6 is 28.3 Å². The molecule has 1 aliphatic heterocycles. The number of carbonyl (C=O) groups excluding carboxylic acids is 2. The fourth-order valence-corrected chi connectivity index (χ4v) is 2.99. The zero-order valence-corrected chi connectivity index (χ0v) is 15.8. The summed E-state index contributed by atoms with van der Waals surface area (Å²) >= 11 is 3.21. The van der Waals surface area contributed by atoms with Crippen molar-refractivity contribution in [1.29, 1.82) is 0 Å². The highest BCUT2D eigenvalue weighted by Crippen LogP contribution is 2.17. The Morgan fingerprint density at radius 3 is 2.88 bits per heavy atom. The van der Waals surface area contributed by atoms with E-state index in [2.05, 4.69) is 38.8 Å². The van der Waals surface area contributed by atoms with Gasteiger partial charge in [-0.1, -0.05) is 6.92 Å². The lowest BCUT2D eigenvalue weighted by Gasteiger charge is -2.30. The number of benzene rings is 1. The van der Waals surface area contributed by atoms with E-state index < -0.39 is 11.7 Å². The molecule has 0 spiro atoms. The van der Waals surface area contributed by atoms with Gasteiger partial charge >= 0.3 is 0 Å². The van der Waals surface area contributed by atoms with Crippen LogP contribution in [0.3, 0.4) is 0 Å². The summed E-state index contributed by atoms with van der Waals surface area (Å²) in [4.78, 5) is 23.9. The molecule has 1 aliphatic rings.